The minimum atomic E-state index is -3.59. The molecule has 3 aromatic rings. The van der Waals surface area contributed by atoms with Crippen molar-refractivity contribution in [2.75, 3.05) is 13.1 Å². The molecule has 1 heterocycles. The number of carbonyl (C=O) groups excluding carboxylic acids is 1. The summed E-state index contributed by atoms with van der Waals surface area (Å²) in [6, 6.07) is 20.0. The summed E-state index contributed by atoms with van der Waals surface area (Å²) in [6.07, 6.45) is 2.53. The van der Waals surface area contributed by atoms with Crippen LogP contribution in [0.1, 0.15) is 18.4 Å². The Morgan fingerprint density at radius 2 is 1.68 bits per heavy atom. The Balaban J connectivity index is 1.35. The van der Waals surface area contributed by atoms with Gasteiger partial charge < -0.3 is 0 Å². The predicted molar refractivity (Wildman–Crippen MR) is 123 cm³/mol. The van der Waals surface area contributed by atoms with Gasteiger partial charge in [0.05, 0.1) is 11.1 Å². The van der Waals surface area contributed by atoms with E-state index in [9.17, 15) is 13.2 Å². The van der Waals surface area contributed by atoms with E-state index >= 15 is 0 Å². The molecule has 0 bridgehead atoms. The molecule has 3 aromatic carbocycles. The second kappa shape index (κ2) is 9.18. The first-order valence-electron chi connectivity index (χ1n) is 10.0. The number of nitrogens with zero attached hydrogens (tertiary/aromatic N) is 2. The molecule has 1 N–H and O–H groups in total. The lowest BCUT2D eigenvalue weighted by atomic mass is 9.98. The lowest BCUT2D eigenvalue weighted by molar-refractivity contribution is -0.126. The second-order valence-electron chi connectivity index (χ2n) is 7.43. The molecule has 31 heavy (non-hydrogen) atoms. The smallest absolute Gasteiger partial charge is 0.243 e. The third-order valence-electron chi connectivity index (χ3n) is 5.48. The molecule has 0 spiro atoms. The summed E-state index contributed by atoms with van der Waals surface area (Å²) in [7, 11) is -3.59. The molecule has 1 aliphatic heterocycles. The number of benzene rings is 3. The summed E-state index contributed by atoms with van der Waals surface area (Å²) in [6.45, 7) is 0.576. The molecule has 6 nitrogen and oxygen atoms in total. The zero-order valence-electron chi connectivity index (χ0n) is 16.7. The van der Waals surface area contributed by atoms with Gasteiger partial charge in [0, 0.05) is 29.6 Å². The van der Waals surface area contributed by atoms with E-state index in [2.05, 4.69) is 10.5 Å². The van der Waals surface area contributed by atoms with Crippen LogP contribution >= 0.6 is 11.6 Å². The van der Waals surface area contributed by atoms with Crippen molar-refractivity contribution in [3.8, 4) is 0 Å². The quantitative estimate of drug-likeness (QED) is 0.465. The van der Waals surface area contributed by atoms with Gasteiger partial charge in [0.25, 0.3) is 0 Å². The SMILES string of the molecule is O=C(N/N=C\c1cccc2ccccc12)C1CCN(S(=O)(=O)c2ccc(Cl)cc2)CC1. The van der Waals surface area contributed by atoms with Crippen LogP contribution in [0.3, 0.4) is 0 Å². The van der Waals surface area contributed by atoms with E-state index in [1.54, 1.807) is 18.3 Å². The number of hydrogen-bond acceptors (Lipinski definition) is 4. The molecule has 160 valence electrons. The van der Waals surface area contributed by atoms with Crippen LogP contribution in [0.15, 0.2) is 76.7 Å². The van der Waals surface area contributed by atoms with Gasteiger partial charge in [-0.05, 0) is 47.9 Å². The molecule has 1 amide bonds. The van der Waals surface area contributed by atoms with Crippen molar-refractivity contribution in [1.82, 2.24) is 9.73 Å². The van der Waals surface area contributed by atoms with Crippen LogP contribution in [-0.2, 0) is 14.8 Å². The van der Waals surface area contributed by atoms with Crippen LogP contribution < -0.4 is 5.43 Å². The first-order valence-corrected chi connectivity index (χ1v) is 11.8. The number of amides is 1. The average molecular weight is 456 g/mol. The Hall–Kier alpha value is -2.74. The van der Waals surface area contributed by atoms with E-state index in [1.165, 1.54) is 16.4 Å². The summed E-state index contributed by atoms with van der Waals surface area (Å²) >= 11 is 5.85. The van der Waals surface area contributed by atoms with Crippen molar-refractivity contribution in [2.45, 2.75) is 17.7 Å². The van der Waals surface area contributed by atoms with Crippen LogP contribution in [0.4, 0.5) is 0 Å². The van der Waals surface area contributed by atoms with E-state index in [1.807, 2.05) is 42.5 Å². The molecule has 0 unspecified atom stereocenters. The van der Waals surface area contributed by atoms with E-state index < -0.39 is 10.0 Å². The lowest BCUT2D eigenvalue weighted by Gasteiger charge is -2.30. The minimum Gasteiger partial charge on any atom is -0.273 e. The predicted octanol–water partition coefficient (Wildman–Crippen LogP) is 4.04. The Morgan fingerprint density at radius 1 is 1.00 bits per heavy atom. The Bertz CT molecular complexity index is 1210. The van der Waals surface area contributed by atoms with Gasteiger partial charge in [-0.1, -0.05) is 54.1 Å². The van der Waals surface area contributed by atoms with Crippen LogP contribution in [-0.4, -0.2) is 37.9 Å². The Morgan fingerprint density at radius 3 is 2.42 bits per heavy atom. The molecule has 1 fully saturated rings. The van der Waals surface area contributed by atoms with Crippen molar-refractivity contribution in [3.63, 3.8) is 0 Å². The minimum absolute atomic E-state index is 0.194. The fourth-order valence-electron chi connectivity index (χ4n) is 3.73. The molecule has 4 rings (SSSR count). The number of halogens is 1. The van der Waals surface area contributed by atoms with Gasteiger partial charge in [0.1, 0.15) is 0 Å². The first-order chi connectivity index (χ1) is 14.9. The molecule has 0 aromatic heterocycles. The first kappa shape index (κ1) is 21.5. The summed E-state index contributed by atoms with van der Waals surface area (Å²) in [5, 5.41) is 6.77. The fraction of sp³-hybridized carbons (Fsp3) is 0.217. The van der Waals surface area contributed by atoms with Crippen LogP contribution in [0.5, 0.6) is 0 Å². The normalized spacial score (nSPS) is 16.0. The third kappa shape index (κ3) is 4.79. The standard InChI is InChI=1S/C23H22ClN3O3S/c24-20-8-10-21(11-9-20)31(29,30)27-14-12-18(13-15-27)23(28)26-25-16-19-6-3-5-17-4-1-2-7-22(17)19/h1-11,16,18H,12-15H2,(H,26,28)/b25-16-. The molecule has 1 saturated heterocycles. The van der Waals surface area contributed by atoms with Gasteiger partial charge >= 0.3 is 0 Å². The number of hydrogen-bond donors (Lipinski definition) is 1. The summed E-state index contributed by atoms with van der Waals surface area (Å²) in [5.74, 6) is -0.471. The highest BCUT2D eigenvalue weighted by atomic mass is 35.5. The van der Waals surface area contributed by atoms with Gasteiger partial charge in [-0.25, -0.2) is 13.8 Å². The number of piperidine rings is 1. The van der Waals surface area contributed by atoms with Crippen LogP contribution in [0.25, 0.3) is 10.8 Å². The number of carbonyl (C=O) groups is 1. The van der Waals surface area contributed by atoms with Crippen LogP contribution in [0, 0.1) is 5.92 Å². The van der Waals surface area contributed by atoms with Gasteiger partial charge in [0.2, 0.25) is 15.9 Å². The van der Waals surface area contributed by atoms with Gasteiger partial charge in [-0.2, -0.15) is 9.41 Å². The van der Waals surface area contributed by atoms with E-state index in [0.29, 0.717) is 17.9 Å². The molecule has 0 radical (unpaired) electrons. The highest BCUT2D eigenvalue weighted by Crippen LogP contribution is 2.25. The highest BCUT2D eigenvalue weighted by Gasteiger charge is 2.32. The Labute approximate surface area is 186 Å². The van der Waals surface area contributed by atoms with Gasteiger partial charge in [0.15, 0.2) is 0 Å². The lowest BCUT2D eigenvalue weighted by Crippen LogP contribution is -2.42. The second-order valence-corrected chi connectivity index (χ2v) is 9.81. The molecule has 0 saturated carbocycles. The average Bonchev–Trinajstić information content (AvgIpc) is 2.79. The summed E-state index contributed by atoms with van der Waals surface area (Å²) < 4.78 is 27.0. The summed E-state index contributed by atoms with van der Waals surface area (Å²) in [5.41, 5.74) is 3.52. The topological polar surface area (TPSA) is 78.8 Å². The monoisotopic (exact) mass is 455 g/mol. The Kier molecular flexibility index (Phi) is 6.36. The third-order valence-corrected chi connectivity index (χ3v) is 7.64. The molecule has 0 aliphatic carbocycles. The molecule has 8 heteroatoms. The van der Waals surface area contributed by atoms with Crippen molar-refractivity contribution in [2.24, 2.45) is 11.0 Å². The maximum absolute atomic E-state index is 12.8. The molecular weight excluding hydrogens is 434 g/mol. The van der Waals surface area contributed by atoms with E-state index in [0.717, 1.165) is 16.3 Å². The van der Waals surface area contributed by atoms with E-state index in [-0.39, 0.29) is 29.8 Å². The maximum atomic E-state index is 12.8. The fourth-order valence-corrected chi connectivity index (χ4v) is 5.33. The molecular formula is C23H22ClN3O3S. The van der Waals surface area contributed by atoms with Crippen molar-refractivity contribution in [1.29, 1.82) is 0 Å². The highest BCUT2D eigenvalue weighted by molar-refractivity contribution is 7.89. The van der Waals surface area contributed by atoms with Crippen molar-refractivity contribution in [3.05, 3.63) is 77.3 Å². The zero-order chi connectivity index (χ0) is 21.8. The number of rotatable bonds is 5. The number of nitrogens with one attached hydrogen (secondary N) is 1. The molecule has 1 aliphatic rings. The largest absolute Gasteiger partial charge is 0.273 e. The van der Waals surface area contributed by atoms with Crippen LogP contribution in [0.2, 0.25) is 5.02 Å². The molecule has 0 atom stereocenters. The number of fused-ring (bicyclic) bond motifs is 1. The number of hydrazone groups is 1. The van der Waals surface area contributed by atoms with E-state index in [4.69, 9.17) is 11.6 Å². The van der Waals surface area contributed by atoms with Crippen molar-refractivity contribution >= 4 is 44.5 Å². The van der Waals surface area contributed by atoms with Crippen molar-refractivity contribution < 1.29 is 13.2 Å². The van der Waals surface area contributed by atoms with Gasteiger partial charge in [-0.15, -0.1) is 0 Å². The van der Waals surface area contributed by atoms with Gasteiger partial charge in [-0.3, -0.25) is 4.79 Å². The zero-order valence-corrected chi connectivity index (χ0v) is 18.3. The maximum Gasteiger partial charge on any atom is 0.243 e. The summed E-state index contributed by atoms with van der Waals surface area (Å²) in [4.78, 5) is 12.7. The number of sulfonamides is 1.